The molecule has 1 saturated carbocycles. The van der Waals surface area contributed by atoms with Gasteiger partial charge in [0.15, 0.2) is 0 Å². The summed E-state index contributed by atoms with van der Waals surface area (Å²) in [5, 5.41) is 13.0. The maximum Gasteiger partial charge on any atom is 0.227 e. The fourth-order valence-corrected chi connectivity index (χ4v) is 3.00. The monoisotopic (exact) mass is 302 g/mol. The number of anilines is 1. The standard InChI is InChI=1S/C17H22N2O3/c1-17(22,13-7-8-13)11-18-16(21)12-9-15(20)19(10-12)14-5-3-2-4-6-14/h2-6,12-13,22H,7-11H2,1H3,(H,18,21). The first-order valence-corrected chi connectivity index (χ1v) is 7.83. The molecule has 1 aliphatic heterocycles. The summed E-state index contributed by atoms with van der Waals surface area (Å²) < 4.78 is 0. The molecule has 1 aromatic rings. The first kappa shape index (κ1) is 15.0. The van der Waals surface area contributed by atoms with Crippen LogP contribution in [0.2, 0.25) is 0 Å². The Morgan fingerprint density at radius 2 is 2.05 bits per heavy atom. The SMILES string of the molecule is CC(O)(CNC(=O)C1CC(=O)N(c2ccccc2)C1)C1CC1. The molecule has 1 saturated heterocycles. The number of amides is 2. The highest BCUT2D eigenvalue weighted by molar-refractivity contribution is 6.00. The van der Waals surface area contributed by atoms with Crippen molar-refractivity contribution in [2.75, 3.05) is 18.0 Å². The zero-order chi connectivity index (χ0) is 15.7. The van der Waals surface area contributed by atoms with Crippen molar-refractivity contribution in [1.29, 1.82) is 0 Å². The van der Waals surface area contributed by atoms with E-state index in [9.17, 15) is 14.7 Å². The van der Waals surface area contributed by atoms with Crippen LogP contribution in [0.15, 0.2) is 30.3 Å². The smallest absolute Gasteiger partial charge is 0.227 e. The molecule has 5 nitrogen and oxygen atoms in total. The van der Waals surface area contributed by atoms with Crippen LogP contribution in [0.1, 0.15) is 26.2 Å². The summed E-state index contributed by atoms with van der Waals surface area (Å²) in [5.74, 6) is -0.227. The lowest BCUT2D eigenvalue weighted by Crippen LogP contribution is -2.44. The number of para-hydroxylation sites is 1. The summed E-state index contributed by atoms with van der Waals surface area (Å²) in [7, 11) is 0. The van der Waals surface area contributed by atoms with E-state index in [-0.39, 0.29) is 30.7 Å². The predicted octanol–water partition coefficient (Wildman–Crippen LogP) is 1.32. The Morgan fingerprint density at radius 3 is 2.68 bits per heavy atom. The maximum atomic E-state index is 12.3. The first-order valence-electron chi connectivity index (χ1n) is 7.83. The van der Waals surface area contributed by atoms with Crippen LogP contribution in [0.3, 0.4) is 0 Å². The van der Waals surface area contributed by atoms with Crippen LogP contribution in [0.5, 0.6) is 0 Å². The van der Waals surface area contributed by atoms with Gasteiger partial charge in [-0.1, -0.05) is 18.2 Å². The van der Waals surface area contributed by atoms with Crippen molar-refractivity contribution in [3.8, 4) is 0 Å². The first-order chi connectivity index (χ1) is 10.5. The van der Waals surface area contributed by atoms with Gasteiger partial charge in [0.25, 0.3) is 0 Å². The van der Waals surface area contributed by atoms with Gasteiger partial charge in [-0.25, -0.2) is 0 Å². The van der Waals surface area contributed by atoms with E-state index in [1.165, 1.54) is 0 Å². The summed E-state index contributed by atoms with van der Waals surface area (Å²) in [6.45, 7) is 2.42. The molecule has 3 rings (SSSR count). The van der Waals surface area contributed by atoms with Crippen LogP contribution in [0.4, 0.5) is 5.69 Å². The fraction of sp³-hybridized carbons (Fsp3) is 0.529. The van der Waals surface area contributed by atoms with E-state index in [1.807, 2.05) is 30.3 Å². The van der Waals surface area contributed by atoms with Gasteiger partial charge in [-0.05, 0) is 37.8 Å². The minimum atomic E-state index is -0.836. The van der Waals surface area contributed by atoms with Gasteiger partial charge in [0.2, 0.25) is 11.8 Å². The van der Waals surface area contributed by atoms with E-state index in [2.05, 4.69) is 5.32 Å². The van der Waals surface area contributed by atoms with Gasteiger partial charge in [-0.3, -0.25) is 9.59 Å². The van der Waals surface area contributed by atoms with E-state index in [0.717, 1.165) is 18.5 Å². The van der Waals surface area contributed by atoms with Gasteiger partial charge in [-0.15, -0.1) is 0 Å². The molecule has 2 amide bonds. The Hall–Kier alpha value is -1.88. The lowest BCUT2D eigenvalue weighted by molar-refractivity contribution is -0.127. The third kappa shape index (κ3) is 3.14. The Bertz CT molecular complexity index is 567. The molecule has 0 spiro atoms. The van der Waals surface area contributed by atoms with Crippen molar-refractivity contribution in [3.63, 3.8) is 0 Å². The lowest BCUT2D eigenvalue weighted by atomic mass is 10.00. The summed E-state index contributed by atoms with van der Waals surface area (Å²) >= 11 is 0. The van der Waals surface area contributed by atoms with Crippen molar-refractivity contribution in [3.05, 3.63) is 30.3 Å². The Kier molecular flexibility index (Phi) is 3.91. The lowest BCUT2D eigenvalue weighted by Gasteiger charge is -2.24. The molecule has 1 aromatic carbocycles. The van der Waals surface area contributed by atoms with Crippen LogP contribution in [-0.2, 0) is 9.59 Å². The number of nitrogens with one attached hydrogen (secondary N) is 1. The zero-order valence-corrected chi connectivity index (χ0v) is 12.8. The van der Waals surface area contributed by atoms with Crippen molar-refractivity contribution in [2.24, 2.45) is 11.8 Å². The number of aliphatic hydroxyl groups is 1. The predicted molar refractivity (Wildman–Crippen MR) is 83.3 cm³/mol. The Balaban J connectivity index is 1.57. The molecular weight excluding hydrogens is 280 g/mol. The molecule has 0 radical (unpaired) electrons. The quantitative estimate of drug-likeness (QED) is 0.862. The van der Waals surface area contributed by atoms with Gasteiger partial charge in [0, 0.05) is 25.2 Å². The summed E-state index contributed by atoms with van der Waals surface area (Å²) in [6, 6.07) is 9.39. The molecule has 5 heteroatoms. The molecule has 0 bridgehead atoms. The Morgan fingerprint density at radius 1 is 1.36 bits per heavy atom. The summed E-state index contributed by atoms with van der Waals surface area (Å²) in [5.41, 5.74) is -0.00928. The second-order valence-corrected chi connectivity index (χ2v) is 6.59. The molecule has 2 aliphatic rings. The molecule has 2 N–H and O–H groups in total. The van der Waals surface area contributed by atoms with Crippen molar-refractivity contribution in [1.82, 2.24) is 5.32 Å². The zero-order valence-electron chi connectivity index (χ0n) is 12.8. The number of carbonyl (C=O) groups excluding carboxylic acids is 2. The van der Waals surface area contributed by atoms with Gasteiger partial charge in [0.1, 0.15) is 0 Å². The highest BCUT2D eigenvalue weighted by Crippen LogP contribution is 2.39. The number of nitrogens with zero attached hydrogens (tertiary/aromatic N) is 1. The van der Waals surface area contributed by atoms with E-state index in [1.54, 1.807) is 11.8 Å². The topological polar surface area (TPSA) is 69.6 Å². The second-order valence-electron chi connectivity index (χ2n) is 6.59. The van der Waals surface area contributed by atoms with E-state index < -0.39 is 5.60 Å². The summed E-state index contributed by atoms with van der Waals surface area (Å²) in [4.78, 5) is 26.0. The van der Waals surface area contributed by atoms with Gasteiger partial charge in [0.05, 0.1) is 11.5 Å². The molecular formula is C17H22N2O3. The van der Waals surface area contributed by atoms with Crippen molar-refractivity contribution in [2.45, 2.75) is 31.8 Å². The normalized spacial score (nSPS) is 24.2. The van der Waals surface area contributed by atoms with Crippen LogP contribution >= 0.6 is 0 Å². The largest absolute Gasteiger partial charge is 0.388 e. The third-order valence-corrected chi connectivity index (χ3v) is 4.64. The van der Waals surface area contributed by atoms with Gasteiger partial charge >= 0.3 is 0 Å². The second kappa shape index (κ2) is 5.72. The van der Waals surface area contributed by atoms with Crippen LogP contribution in [0.25, 0.3) is 0 Å². The average Bonchev–Trinajstić information content (AvgIpc) is 3.30. The van der Waals surface area contributed by atoms with E-state index >= 15 is 0 Å². The number of hydrogen-bond donors (Lipinski definition) is 2. The van der Waals surface area contributed by atoms with Crippen molar-refractivity contribution < 1.29 is 14.7 Å². The molecule has 2 unspecified atom stereocenters. The van der Waals surface area contributed by atoms with Gasteiger partial charge in [-0.2, -0.15) is 0 Å². The Labute approximate surface area is 130 Å². The average molecular weight is 302 g/mol. The number of carbonyl (C=O) groups is 2. The molecule has 1 heterocycles. The molecule has 2 atom stereocenters. The molecule has 118 valence electrons. The van der Waals surface area contributed by atoms with E-state index in [4.69, 9.17) is 0 Å². The van der Waals surface area contributed by atoms with Gasteiger partial charge < -0.3 is 15.3 Å². The highest BCUT2D eigenvalue weighted by atomic mass is 16.3. The minimum Gasteiger partial charge on any atom is -0.388 e. The maximum absolute atomic E-state index is 12.3. The molecule has 22 heavy (non-hydrogen) atoms. The molecule has 0 aromatic heterocycles. The van der Waals surface area contributed by atoms with E-state index in [0.29, 0.717) is 12.5 Å². The highest BCUT2D eigenvalue weighted by Gasteiger charge is 2.41. The fourth-order valence-electron chi connectivity index (χ4n) is 3.00. The minimum absolute atomic E-state index is 0.0275. The number of rotatable bonds is 5. The molecule has 2 fully saturated rings. The van der Waals surface area contributed by atoms with Crippen LogP contribution in [0, 0.1) is 11.8 Å². The van der Waals surface area contributed by atoms with Crippen LogP contribution < -0.4 is 10.2 Å². The third-order valence-electron chi connectivity index (χ3n) is 4.64. The summed E-state index contributed by atoms with van der Waals surface area (Å²) in [6.07, 6.45) is 2.27. The molecule has 1 aliphatic carbocycles. The number of benzene rings is 1. The number of hydrogen-bond acceptors (Lipinski definition) is 3. The van der Waals surface area contributed by atoms with Crippen molar-refractivity contribution >= 4 is 17.5 Å². The van der Waals surface area contributed by atoms with Crippen LogP contribution in [-0.4, -0.2) is 35.6 Å².